The van der Waals surface area contributed by atoms with E-state index in [1.807, 2.05) is 0 Å². The lowest BCUT2D eigenvalue weighted by Gasteiger charge is -2.02. The zero-order valence-electron chi connectivity index (χ0n) is 10.1. The van der Waals surface area contributed by atoms with Gasteiger partial charge in [-0.15, -0.1) is 0 Å². The summed E-state index contributed by atoms with van der Waals surface area (Å²) in [5, 5.41) is 16.6. The van der Waals surface area contributed by atoms with Gasteiger partial charge in [0.2, 0.25) is 0 Å². The van der Waals surface area contributed by atoms with Gasteiger partial charge < -0.3 is 10.6 Å². The fourth-order valence-corrected chi connectivity index (χ4v) is 1.45. The highest BCUT2D eigenvalue weighted by Crippen LogP contribution is 2.07. The summed E-state index contributed by atoms with van der Waals surface area (Å²) in [7, 11) is 0. The lowest BCUT2D eigenvalue weighted by molar-refractivity contribution is -0.134. The molecule has 20 heavy (non-hydrogen) atoms. The van der Waals surface area contributed by atoms with Gasteiger partial charge in [0.15, 0.2) is 5.78 Å². The van der Waals surface area contributed by atoms with E-state index in [-0.39, 0.29) is 11.3 Å². The minimum atomic E-state index is -1.30. The third-order valence-electron chi connectivity index (χ3n) is 2.44. The molecule has 2 aliphatic carbocycles. The Morgan fingerprint density at radius 3 is 2.25 bits per heavy atom. The van der Waals surface area contributed by atoms with Crippen molar-refractivity contribution in [1.82, 2.24) is 0 Å². The molecule has 2 rings (SSSR count). The maximum atomic E-state index is 11.3. The van der Waals surface area contributed by atoms with E-state index in [9.17, 15) is 9.59 Å². The first-order chi connectivity index (χ1) is 9.60. The third kappa shape index (κ3) is 2.98. The molecule has 0 bridgehead atoms. The number of carbonyl (C=O) groups excluding carboxylic acids is 1. The van der Waals surface area contributed by atoms with E-state index in [4.69, 9.17) is 10.6 Å². The van der Waals surface area contributed by atoms with Gasteiger partial charge in [0.1, 0.15) is 5.57 Å². The van der Waals surface area contributed by atoms with Crippen molar-refractivity contribution in [3.8, 4) is 0 Å². The summed E-state index contributed by atoms with van der Waals surface area (Å²) in [4.78, 5) is 25.1. The quantitative estimate of drug-likeness (QED) is 0.261. The van der Waals surface area contributed by atoms with Gasteiger partial charge in [-0.1, -0.05) is 0 Å². The number of carboxylic acid groups (broad SMARTS) is 1. The molecule has 0 aromatic heterocycles. The lowest BCUT2D eigenvalue weighted by Crippen LogP contribution is -2.15. The molecule has 0 atom stereocenters. The SMILES string of the molecule is [N-]=[N+]=C1C=CC(=N/N=C2/C=CC(=O)C(C(=O)O)=C2)C=C1. The zero-order chi connectivity index (χ0) is 14.5. The molecule has 0 spiro atoms. The Kier molecular flexibility index (Phi) is 3.74. The molecule has 98 valence electrons. The highest BCUT2D eigenvalue weighted by molar-refractivity contribution is 6.29. The summed E-state index contributed by atoms with van der Waals surface area (Å²) in [5.74, 6) is -1.88. The smallest absolute Gasteiger partial charge is 0.339 e. The number of aliphatic carboxylic acids is 1. The van der Waals surface area contributed by atoms with Gasteiger partial charge in [-0.25, -0.2) is 4.79 Å². The van der Waals surface area contributed by atoms with Crippen molar-refractivity contribution in [3.63, 3.8) is 0 Å². The van der Waals surface area contributed by atoms with Gasteiger partial charge in [0.05, 0.1) is 11.4 Å². The monoisotopic (exact) mass is 268 g/mol. The Morgan fingerprint density at radius 1 is 1.05 bits per heavy atom. The molecule has 0 unspecified atom stereocenters. The number of ketones is 1. The molecule has 0 saturated heterocycles. The average molecular weight is 268 g/mol. The minimum Gasteiger partial charge on any atom is -0.478 e. The van der Waals surface area contributed by atoms with Crippen LogP contribution in [0.2, 0.25) is 0 Å². The second-order valence-corrected chi connectivity index (χ2v) is 3.80. The second-order valence-electron chi connectivity index (χ2n) is 3.80. The number of carboxylic acids is 1. The van der Waals surface area contributed by atoms with Crippen LogP contribution in [-0.2, 0) is 9.59 Å². The molecule has 0 aliphatic heterocycles. The number of rotatable bonds is 2. The molecule has 7 heteroatoms. The van der Waals surface area contributed by atoms with Gasteiger partial charge in [-0.2, -0.15) is 15.0 Å². The maximum Gasteiger partial charge on any atom is 0.339 e. The van der Waals surface area contributed by atoms with Crippen LogP contribution in [0.15, 0.2) is 58.3 Å². The molecule has 7 nitrogen and oxygen atoms in total. The fourth-order valence-electron chi connectivity index (χ4n) is 1.45. The highest BCUT2D eigenvalue weighted by Gasteiger charge is 2.18. The van der Waals surface area contributed by atoms with Gasteiger partial charge >= 0.3 is 11.7 Å². The molecule has 0 heterocycles. The van der Waals surface area contributed by atoms with Crippen LogP contribution >= 0.6 is 0 Å². The number of allylic oxidation sites excluding steroid dienone is 7. The first kappa shape index (κ1) is 13.3. The lowest BCUT2D eigenvalue weighted by atomic mass is 10.0. The molecule has 0 amide bonds. The van der Waals surface area contributed by atoms with Crippen LogP contribution in [0.4, 0.5) is 0 Å². The summed E-state index contributed by atoms with van der Waals surface area (Å²) < 4.78 is 0. The van der Waals surface area contributed by atoms with Gasteiger partial charge in [0, 0.05) is 12.2 Å². The van der Waals surface area contributed by atoms with E-state index >= 15 is 0 Å². The van der Waals surface area contributed by atoms with Crippen LogP contribution in [0, 0.1) is 0 Å². The molecule has 0 aromatic rings. The first-order valence-corrected chi connectivity index (χ1v) is 5.51. The standard InChI is InChI=1S/C13H8N4O3/c14-15-8-1-3-9(4-2-8)16-17-10-5-6-12(18)11(7-10)13(19)20/h1-7H,(H,19,20)/b17-10-. The maximum absolute atomic E-state index is 11.3. The molecule has 2 aliphatic rings. The Morgan fingerprint density at radius 2 is 1.65 bits per heavy atom. The number of hydrogen-bond acceptors (Lipinski definition) is 4. The highest BCUT2D eigenvalue weighted by atomic mass is 16.4. The topological polar surface area (TPSA) is 115 Å². The summed E-state index contributed by atoms with van der Waals surface area (Å²) >= 11 is 0. The normalized spacial score (nSPS) is 19.1. The van der Waals surface area contributed by atoms with E-state index in [1.165, 1.54) is 18.2 Å². The van der Waals surface area contributed by atoms with Crippen molar-refractivity contribution < 1.29 is 19.5 Å². The number of hydrogen-bond donors (Lipinski definition) is 1. The van der Waals surface area contributed by atoms with Gasteiger partial charge in [-0.3, -0.25) is 4.79 Å². The van der Waals surface area contributed by atoms with Crippen molar-refractivity contribution in [2.45, 2.75) is 0 Å². The van der Waals surface area contributed by atoms with Crippen LogP contribution in [0.25, 0.3) is 5.53 Å². The summed E-state index contributed by atoms with van der Waals surface area (Å²) in [6, 6.07) is 0. The van der Waals surface area contributed by atoms with Crippen LogP contribution in [0.3, 0.4) is 0 Å². The van der Waals surface area contributed by atoms with Crippen molar-refractivity contribution in [2.24, 2.45) is 10.2 Å². The molecule has 0 aromatic carbocycles. The van der Waals surface area contributed by atoms with Crippen LogP contribution in [0.1, 0.15) is 0 Å². The summed E-state index contributed by atoms with van der Waals surface area (Å²) in [6.45, 7) is 0. The van der Waals surface area contributed by atoms with E-state index in [1.54, 1.807) is 12.2 Å². The van der Waals surface area contributed by atoms with Crippen LogP contribution in [0.5, 0.6) is 0 Å². The van der Waals surface area contributed by atoms with Crippen LogP contribution < -0.4 is 0 Å². The predicted molar refractivity (Wildman–Crippen MR) is 71.6 cm³/mol. The predicted octanol–water partition coefficient (Wildman–Crippen LogP) is 0.730. The van der Waals surface area contributed by atoms with E-state index in [2.05, 4.69) is 15.0 Å². The Bertz CT molecular complexity index is 696. The molecule has 0 radical (unpaired) electrons. The molecule has 1 N–H and O–H groups in total. The molecular formula is C13H8N4O3. The Hall–Kier alpha value is -3.18. The summed E-state index contributed by atoms with van der Waals surface area (Å²) in [5.41, 5.74) is 9.32. The van der Waals surface area contributed by atoms with Crippen LogP contribution in [-0.4, -0.2) is 38.8 Å². The summed E-state index contributed by atoms with van der Waals surface area (Å²) in [6.07, 6.45) is 9.92. The number of nitrogens with zero attached hydrogens (tertiary/aromatic N) is 4. The van der Waals surface area contributed by atoms with Crippen molar-refractivity contribution >= 4 is 28.9 Å². The van der Waals surface area contributed by atoms with Crippen molar-refractivity contribution in [1.29, 1.82) is 0 Å². The fraction of sp³-hybridized carbons (Fsp3) is 0. The molecule has 0 fully saturated rings. The Balaban J connectivity index is 2.23. The van der Waals surface area contributed by atoms with E-state index in [0.29, 0.717) is 11.4 Å². The third-order valence-corrected chi connectivity index (χ3v) is 2.44. The Labute approximate surface area is 113 Å². The first-order valence-electron chi connectivity index (χ1n) is 5.51. The van der Waals surface area contributed by atoms with E-state index < -0.39 is 11.8 Å². The average Bonchev–Trinajstić information content (AvgIpc) is 2.46. The molecule has 0 saturated carbocycles. The van der Waals surface area contributed by atoms with Gasteiger partial charge in [0.25, 0.3) is 0 Å². The van der Waals surface area contributed by atoms with Gasteiger partial charge in [-0.05, 0) is 30.4 Å². The number of carbonyl (C=O) groups is 2. The second kappa shape index (κ2) is 5.64. The largest absolute Gasteiger partial charge is 0.478 e. The van der Waals surface area contributed by atoms with E-state index in [0.717, 1.165) is 12.2 Å². The minimum absolute atomic E-state index is 0.262. The molecular weight excluding hydrogens is 260 g/mol. The van der Waals surface area contributed by atoms with Crippen molar-refractivity contribution in [3.05, 3.63) is 53.6 Å². The zero-order valence-corrected chi connectivity index (χ0v) is 10.1. The van der Waals surface area contributed by atoms with Crippen molar-refractivity contribution in [2.75, 3.05) is 0 Å².